The van der Waals surface area contributed by atoms with Crippen molar-refractivity contribution in [1.29, 1.82) is 0 Å². The highest BCUT2D eigenvalue weighted by Gasteiger charge is 2.19. The standard InChI is InChI=1S/C18H26O4/c1-2-3-4-7-14-10-13-17(20)16(14)12-11-15(19)8-5-6-9-18(21)22/h3-4,11-12,15,19H,2,5-10,13H2,1H3,(H,21,22)/b4-3-,12-11+/t15-/m1/s1. The Morgan fingerprint density at radius 1 is 1.27 bits per heavy atom. The molecular formula is C18H26O4. The minimum Gasteiger partial charge on any atom is -0.481 e. The molecule has 22 heavy (non-hydrogen) atoms. The van der Waals surface area contributed by atoms with Crippen molar-refractivity contribution in [3.8, 4) is 0 Å². The molecule has 0 saturated carbocycles. The average molecular weight is 306 g/mol. The summed E-state index contributed by atoms with van der Waals surface area (Å²) in [7, 11) is 0. The van der Waals surface area contributed by atoms with E-state index in [1.54, 1.807) is 12.2 Å². The van der Waals surface area contributed by atoms with Crippen LogP contribution in [0.1, 0.15) is 58.3 Å². The van der Waals surface area contributed by atoms with Crippen LogP contribution in [0.3, 0.4) is 0 Å². The van der Waals surface area contributed by atoms with Gasteiger partial charge in [-0.25, -0.2) is 0 Å². The Labute approximate surface area is 132 Å². The number of ketones is 1. The molecule has 0 unspecified atom stereocenters. The fourth-order valence-corrected chi connectivity index (χ4v) is 2.48. The van der Waals surface area contributed by atoms with E-state index in [0.717, 1.165) is 30.4 Å². The van der Waals surface area contributed by atoms with Gasteiger partial charge in [0.1, 0.15) is 0 Å². The molecule has 0 spiro atoms. The second kappa shape index (κ2) is 10.1. The van der Waals surface area contributed by atoms with Gasteiger partial charge in [0.05, 0.1) is 6.10 Å². The Bertz CT molecular complexity index is 471. The van der Waals surface area contributed by atoms with Crippen molar-refractivity contribution in [2.75, 3.05) is 0 Å². The van der Waals surface area contributed by atoms with Crippen LogP contribution in [0.5, 0.6) is 0 Å². The second-order valence-corrected chi connectivity index (χ2v) is 5.59. The molecule has 4 nitrogen and oxygen atoms in total. The first-order valence-corrected chi connectivity index (χ1v) is 8.02. The highest BCUT2D eigenvalue weighted by Crippen LogP contribution is 2.27. The molecular weight excluding hydrogens is 280 g/mol. The Hall–Kier alpha value is -1.68. The van der Waals surface area contributed by atoms with E-state index >= 15 is 0 Å². The van der Waals surface area contributed by atoms with E-state index in [1.165, 1.54) is 0 Å². The van der Waals surface area contributed by atoms with Crippen molar-refractivity contribution in [3.05, 3.63) is 35.5 Å². The van der Waals surface area contributed by atoms with E-state index < -0.39 is 12.1 Å². The molecule has 1 rings (SSSR count). The lowest BCUT2D eigenvalue weighted by Crippen LogP contribution is -2.04. The minimum absolute atomic E-state index is 0.133. The number of rotatable bonds is 10. The maximum Gasteiger partial charge on any atom is 0.303 e. The van der Waals surface area contributed by atoms with Crippen LogP contribution in [-0.2, 0) is 9.59 Å². The van der Waals surface area contributed by atoms with E-state index in [-0.39, 0.29) is 12.2 Å². The molecule has 122 valence electrons. The fourth-order valence-electron chi connectivity index (χ4n) is 2.48. The van der Waals surface area contributed by atoms with Crippen LogP contribution in [-0.4, -0.2) is 28.1 Å². The van der Waals surface area contributed by atoms with Crippen LogP contribution >= 0.6 is 0 Å². The van der Waals surface area contributed by atoms with E-state index in [4.69, 9.17) is 5.11 Å². The number of carboxylic acid groups (broad SMARTS) is 1. The topological polar surface area (TPSA) is 74.6 Å². The summed E-state index contributed by atoms with van der Waals surface area (Å²) in [5.74, 6) is -0.661. The summed E-state index contributed by atoms with van der Waals surface area (Å²) in [6, 6.07) is 0. The third kappa shape index (κ3) is 6.85. The molecule has 1 atom stereocenters. The van der Waals surface area contributed by atoms with Crippen molar-refractivity contribution in [2.24, 2.45) is 0 Å². The number of aliphatic hydroxyl groups is 1. The molecule has 0 amide bonds. The normalized spacial score (nSPS) is 17.1. The molecule has 1 aliphatic rings. The molecule has 0 aromatic heterocycles. The molecule has 0 aromatic rings. The molecule has 0 heterocycles. The lowest BCUT2D eigenvalue weighted by Gasteiger charge is -2.05. The van der Waals surface area contributed by atoms with Gasteiger partial charge in [-0.3, -0.25) is 9.59 Å². The molecule has 1 aliphatic carbocycles. The lowest BCUT2D eigenvalue weighted by molar-refractivity contribution is -0.137. The van der Waals surface area contributed by atoms with Gasteiger partial charge in [-0.15, -0.1) is 0 Å². The smallest absolute Gasteiger partial charge is 0.303 e. The van der Waals surface area contributed by atoms with Crippen molar-refractivity contribution >= 4 is 11.8 Å². The number of carboxylic acids is 1. The quantitative estimate of drug-likeness (QED) is 0.478. The Morgan fingerprint density at radius 3 is 2.73 bits per heavy atom. The van der Waals surface area contributed by atoms with Gasteiger partial charge in [0.25, 0.3) is 0 Å². The second-order valence-electron chi connectivity index (χ2n) is 5.59. The van der Waals surface area contributed by atoms with Gasteiger partial charge in [-0.05, 0) is 38.5 Å². The van der Waals surface area contributed by atoms with Crippen molar-refractivity contribution in [2.45, 2.75) is 64.4 Å². The van der Waals surface area contributed by atoms with E-state index in [9.17, 15) is 14.7 Å². The Morgan fingerprint density at radius 2 is 2.05 bits per heavy atom. The molecule has 0 fully saturated rings. The first-order valence-electron chi connectivity index (χ1n) is 8.02. The first kappa shape index (κ1) is 18.4. The van der Waals surface area contributed by atoms with Crippen LogP contribution in [0.15, 0.2) is 35.5 Å². The van der Waals surface area contributed by atoms with Crippen molar-refractivity contribution in [1.82, 2.24) is 0 Å². The van der Waals surface area contributed by atoms with Gasteiger partial charge in [0.2, 0.25) is 0 Å². The van der Waals surface area contributed by atoms with E-state index in [1.807, 2.05) is 0 Å². The number of hydrogen-bond acceptors (Lipinski definition) is 3. The zero-order valence-corrected chi connectivity index (χ0v) is 13.3. The van der Waals surface area contributed by atoms with Gasteiger partial charge in [-0.1, -0.05) is 36.8 Å². The summed E-state index contributed by atoms with van der Waals surface area (Å²) in [6.45, 7) is 2.08. The molecule has 0 aliphatic heterocycles. The third-order valence-electron chi connectivity index (χ3n) is 3.73. The van der Waals surface area contributed by atoms with Crippen molar-refractivity contribution < 1.29 is 19.8 Å². The summed E-state index contributed by atoms with van der Waals surface area (Å²) in [6.07, 6.45) is 12.0. The van der Waals surface area contributed by atoms with Gasteiger partial charge >= 0.3 is 5.97 Å². The van der Waals surface area contributed by atoms with Crippen LogP contribution < -0.4 is 0 Å². The largest absolute Gasteiger partial charge is 0.481 e. The van der Waals surface area contributed by atoms with E-state index in [2.05, 4.69) is 19.1 Å². The highest BCUT2D eigenvalue weighted by atomic mass is 16.4. The number of unbranched alkanes of at least 4 members (excludes halogenated alkanes) is 1. The fraction of sp³-hybridized carbons (Fsp3) is 0.556. The van der Waals surface area contributed by atoms with Crippen LogP contribution in [0.2, 0.25) is 0 Å². The predicted octanol–water partition coefficient (Wildman–Crippen LogP) is 3.56. The van der Waals surface area contributed by atoms with Gasteiger partial charge in [-0.2, -0.15) is 0 Å². The number of Topliss-reactive ketones (excluding diaryl/α,β-unsaturated/α-hetero) is 1. The molecule has 0 aromatic carbocycles. The summed E-state index contributed by atoms with van der Waals surface area (Å²) >= 11 is 0. The first-order chi connectivity index (χ1) is 10.5. The molecule has 2 N–H and O–H groups in total. The number of allylic oxidation sites excluding steroid dienone is 5. The zero-order valence-electron chi connectivity index (χ0n) is 13.3. The van der Waals surface area contributed by atoms with Crippen LogP contribution in [0, 0.1) is 0 Å². The summed E-state index contributed by atoms with van der Waals surface area (Å²) < 4.78 is 0. The van der Waals surface area contributed by atoms with Crippen LogP contribution in [0.25, 0.3) is 0 Å². The maximum absolute atomic E-state index is 11.9. The molecule has 0 bridgehead atoms. The van der Waals surface area contributed by atoms with Gasteiger partial charge < -0.3 is 10.2 Å². The molecule has 4 heteroatoms. The predicted molar refractivity (Wildman–Crippen MR) is 86.6 cm³/mol. The summed E-state index contributed by atoms with van der Waals surface area (Å²) in [4.78, 5) is 22.3. The zero-order chi connectivity index (χ0) is 16.4. The number of aliphatic carboxylic acids is 1. The third-order valence-corrected chi connectivity index (χ3v) is 3.73. The Kier molecular flexibility index (Phi) is 8.44. The molecule has 0 saturated heterocycles. The number of carbonyl (C=O) groups is 2. The van der Waals surface area contributed by atoms with Crippen LogP contribution in [0.4, 0.5) is 0 Å². The van der Waals surface area contributed by atoms with E-state index in [0.29, 0.717) is 25.7 Å². The monoisotopic (exact) mass is 306 g/mol. The minimum atomic E-state index is -0.809. The lowest BCUT2D eigenvalue weighted by atomic mass is 10.0. The maximum atomic E-state index is 11.9. The van der Waals surface area contributed by atoms with Gasteiger partial charge in [0.15, 0.2) is 5.78 Å². The number of carbonyl (C=O) groups excluding carboxylic acids is 1. The highest BCUT2D eigenvalue weighted by molar-refractivity contribution is 6.01. The SMILES string of the molecule is CC/C=C\CC1=C(/C=C/[C@H](O)CCCCC(=O)O)C(=O)CC1. The number of aliphatic hydroxyl groups excluding tert-OH is 1. The summed E-state index contributed by atoms with van der Waals surface area (Å²) in [5.41, 5.74) is 1.88. The van der Waals surface area contributed by atoms with Crippen molar-refractivity contribution in [3.63, 3.8) is 0 Å². The number of hydrogen-bond donors (Lipinski definition) is 2. The molecule has 0 radical (unpaired) electrons. The van der Waals surface area contributed by atoms with Gasteiger partial charge in [0, 0.05) is 18.4 Å². The average Bonchev–Trinajstić information content (AvgIpc) is 2.82. The summed E-state index contributed by atoms with van der Waals surface area (Å²) in [5, 5.41) is 18.4. The Balaban J connectivity index is 2.49.